The molecule has 34 heavy (non-hydrogen) atoms. The molecular weight excluding hydrogens is 460 g/mol. The number of hydrogen-bond acceptors (Lipinski definition) is 7. The van der Waals surface area contributed by atoms with Gasteiger partial charge in [-0.2, -0.15) is 0 Å². The first kappa shape index (κ1) is 25.2. The molecule has 0 aliphatic carbocycles. The second-order valence-corrected chi connectivity index (χ2v) is 9.81. The minimum atomic E-state index is -3.58. The molecule has 0 bridgehead atoms. The van der Waals surface area contributed by atoms with Gasteiger partial charge in [0, 0.05) is 33.5 Å². The Morgan fingerprint density at radius 1 is 1.12 bits per heavy atom. The van der Waals surface area contributed by atoms with Gasteiger partial charge >= 0.3 is 5.97 Å². The molecule has 1 N–H and O–H groups in total. The molecule has 0 saturated carbocycles. The number of esters is 1. The summed E-state index contributed by atoms with van der Waals surface area (Å²) >= 11 is 0. The number of benzene rings is 2. The van der Waals surface area contributed by atoms with E-state index in [-0.39, 0.29) is 22.8 Å². The molecule has 0 aliphatic heterocycles. The van der Waals surface area contributed by atoms with Gasteiger partial charge in [0.25, 0.3) is 0 Å². The fourth-order valence-electron chi connectivity index (χ4n) is 3.55. The Labute approximate surface area is 198 Å². The highest BCUT2D eigenvalue weighted by Crippen LogP contribution is 2.25. The van der Waals surface area contributed by atoms with Gasteiger partial charge in [0.2, 0.25) is 15.9 Å². The predicted octanol–water partition coefficient (Wildman–Crippen LogP) is 2.67. The van der Waals surface area contributed by atoms with Crippen molar-refractivity contribution in [2.75, 3.05) is 33.6 Å². The van der Waals surface area contributed by atoms with Crippen LogP contribution in [0.1, 0.15) is 29.5 Å². The van der Waals surface area contributed by atoms with E-state index >= 15 is 0 Å². The number of carbonyl (C=O) groups is 2. The zero-order valence-corrected chi connectivity index (χ0v) is 20.6. The van der Waals surface area contributed by atoms with Crippen LogP contribution in [0.5, 0.6) is 5.75 Å². The topological polar surface area (TPSA) is 120 Å². The normalized spacial score (nSPS) is 11.6. The Morgan fingerprint density at radius 3 is 2.47 bits per heavy atom. The molecule has 182 valence electrons. The van der Waals surface area contributed by atoms with Crippen LogP contribution in [0.25, 0.3) is 11.0 Å². The van der Waals surface area contributed by atoms with Gasteiger partial charge < -0.3 is 19.4 Å². The summed E-state index contributed by atoms with van der Waals surface area (Å²) in [4.78, 5) is 29.5. The molecular formula is C23H28N4O6S. The Kier molecular flexibility index (Phi) is 7.57. The Bertz CT molecular complexity index is 1330. The molecule has 1 heterocycles. The van der Waals surface area contributed by atoms with E-state index in [4.69, 9.17) is 9.47 Å². The van der Waals surface area contributed by atoms with Crippen LogP contribution in [0.3, 0.4) is 0 Å². The van der Waals surface area contributed by atoms with Gasteiger partial charge in [-0.05, 0) is 43.3 Å². The maximum atomic E-state index is 12.7. The molecule has 10 nitrogen and oxygen atoms in total. The molecule has 0 saturated heterocycles. The van der Waals surface area contributed by atoms with Crippen LogP contribution in [0.15, 0.2) is 41.3 Å². The summed E-state index contributed by atoms with van der Waals surface area (Å²) in [5.74, 6) is 0.229. The van der Waals surface area contributed by atoms with E-state index in [0.717, 1.165) is 9.82 Å². The van der Waals surface area contributed by atoms with Crippen molar-refractivity contribution in [3.63, 3.8) is 0 Å². The van der Waals surface area contributed by atoms with Gasteiger partial charge in [-0.15, -0.1) is 0 Å². The van der Waals surface area contributed by atoms with E-state index in [1.807, 2.05) is 11.5 Å². The average Bonchev–Trinajstić information content (AvgIpc) is 3.19. The number of sulfonamides is 1. The lowest BCUT2D eigenvalue weighted by atomic mass is 10.1. The molecule has 3 aromatic rings. The van der Waals surface area contributed by atoms with Crippen LogP contribution in [-0.4, -0.2) is 62.5 Å². The number of aryl methyl sites for hydroxylation is 2. The molecule has 2 aromatic carbocycles. The first-order valence-corrected chi connectivity index (χ1v) is 12.0. The summed E-state index contributed by atoms with van der Waals surface area (Å²) in [7, 11) is 2.11. The Hall–Kier alpha value is -3.44. The highest BCUT2D eigenvalue weighted by Gasteiger charge is 2.20. The van der Waals surface area contributed by atoms with Crippen LogP contribution in [0, 0.1) is 0 Å². The number of nitrogens with zero attached hydrogens (tertiary/aromatic N) is 3. The number of amides is 1. The molecule has 1 amide bonds. The third-order valence-corrected chi connectivity index (χ3v) is 7.19. The molecule has 0 radical (unpaired) electrons. The smallest absolute Gasteiger partial charge is 0.340 e. The van der Waals surface area contributed by atoms with E-state index in [0.29, 0.717) is 35.7 Å². The van der Waals surface area contributed by atoms with Crippen molar-refractivity contribution in [1.29, 1.82) is 0 Å². The van der Waals surface area contributed by atoms with Gasteiger partial charge in [-0.3, -0.25) is 4.79 Å². The molecule has 11 heteroatoms. The van der Waals surface area contributed by atoms with Crippen molar-refractivity contribution >= 4 is 38.6 Å². The second kappa shape index (κ2) is 10.2. The van der Waals surface area contributed by atoms with Crippen LogP contribution in [0.4, 0.5) is 5.69 Å². The summed E-state index contributed by atoms with van der Waals surface area (Å²) in [6.45, 7) is 2.56. The monoisotopic (exact) mass is 488 g/mol. The van der Waals surface area contributed by atoms with Crippen LogP contribution >= 0.6 is 0 Å². The molecule has 3 rings (SSSR count). The summed E-state index contributed by atoms with van der Waals surface area (Å²) in [5.41, 5.74) is 1.84. The van der Waals surface area contributed by atoms with E-state index in [1.54, 1.807) is 30.3 Å². The zero-order chi connectivity index (χ0) is 25.0. The van der Waals surface area contributed by atoms with Crippen LogP contribution in [-0.2, 0) is 32.5 Å². The van der Waals surface area contributed by atoms with Crippen LogP contribution < -0.4 is 10.1 Å². The number of hydrogen-bond donors (Lipinski definition) is 1. The number of anilines is 1. The molecule has 0 atom stereocenters. The highest BCUT2D eigenvalue weighted by atomic mass is 32.2. The third kappa shape index (κ3) is 5.05. The minimum absolute atomic E-state index is 0.110. The van der Waals surface area contributed by atoms with E-state index in [1.165, 1.54) is 34.4 Å². The van der Waals surface area contributed by atoms with Gasteiger partial charge in [-0.25, -0.2) is 22.5 Å². The molecule has 0 spiro atoms. The largest absolute Gasteiger partial charge is 0.497 e. The fourth-order valence-corrected chi connectivity index (χ4v) is 4.47. The highest BCUT2D eigenvalue weighted by molar-refractivity contribution is 7.89. The molecule has 0 aliphatic rings. The lowest BCUT2D eigenvalue weighted by molar-refractivity contribution is -0.116. The Balaban J connectivity index is 1.81. The number of nitrogens with one attached hydrogen (secondary N) is 1. The number of imidazole rings is 1. The summed E-state index contributed by atoms with van der Waals surface area (Å²) in [6.07, 6.45) is 0.437. The van der Waals surface area contributed by atoms with Crippen molar-refractivity contribution in [2.45, 2.75) is 31.2 Å². The van der Waals surface area contributed by atoms with Crippen molar-refractivity contribution in [3.8, 4) is 5.75 Å². The summed E-state index contributed by atoms with van der Waals surface area (Å²) < 4.78 is 38.0. The summed E-state index contributed by atoms with van der Waals surface area (Å²) in [6, 6.07) is 9.54. The standard InChI is InChI=1S/C23H28N4O6S/c1-6-27-20-10-8-16(34(30,31)26(2)3)14-19(20)24-21(27)11-12-22(28)25-18-9-7-15(32-4)13-17(18)23(29)33-5/h7-10,13-14H,6,11-12H2,1-5H3,(H,25,28). The SMILES string of the molecule is CCn1c(CCC(=O)Nc2ccc(OC)cc2C(=O)OC)nc2cc(S(=O)(=O)N(C)C)ccc21. The van der Waals surface area contributed by atoms with Gasteiger partial charge in [0.05, 0.1) is 41.4 Å². The van der Waals surface area contributed by atoms with Crippen molar-refractivity contribution in [2.24, 2.45) is 0 Å². The lowest BCUT2D eigenvalue weighted by Gasteiger charge is -2.12. The first-order chi connectivity index (χ1) is 16.1. The number of ether oxygens (including phenoxy) is 2. The molecule has 1 aromatic heterocycles. The van der Waals surface area contributed by atoms with Gasteiger partial charge in [-0.1, -0.05) is 0 Å². The average molecular weight is 489 g/mol. The second-order valence-electron chi connectivity index (χ2n) is 7.66. The number of fused-ring (bicyclic) bond motifs is 1. The lowest BCUT2D eigenvalue weighted by Crippen LogP contribution is -2.22. The predicted molar refractivity (Wildman–Crippen MR) is 128 cm³/mol. The third-order valence-electron chi connectivity index (χ3n) is 5.38. The number of aromatic nitrogens is 2. The number of carbonyl (C=O) groups excluding carboxylic acids is 2. The number of rotatable bonds is 9. The maximum absolute atomic E-state index is 12.7. The quantitative estimate of drug-likeness (QED) is 0.460. The van der Waals surface area contributed by atoms with E-state index in [2.05, 4.69) is 10.3 Å². The van der Waals surface area contributed by atoms with E-state index < -0.39 is 16.0 Å². The molecule has 0 unspecified atom stereocenters. The van der Waals surface area contributed by atoms with Gasteiger partial charge in [0.15, 0.2) is 0 Å². The zero-order valence-electron chi connectivity index (χ0n) is 19.8. The van der Waals surface area contributed by atoms with Crippen molar-refractivity contribution < 1.29 is 27.5 Å². The van der Waals surface area contributed by atoms with Crippen molar-refractivity contribution in [1.82, 2.24) is 13.9 Å². The van der Waals surface area contributed by atoms with Crippen molar-refractivity contribution in [3.05, 3.63) is 47.8 Å². The fraction of sp³-hybridized carbons (Fsp3) is 0.348. The minimum Gasteiger partial charge on any atom is -0.497 e. The van der Waals surface area contributed by atoms with Crippen LogP contribution in [0.2, 0.25) is 0 Å². The molecule has 0 fully saturated rings. The van der Waals surface area contributed by atoms with E-state index in [9.17, 15) is 18.0 Å². The first-order valence-electron chi connectivity index (χ1n) is 10.6. The maximum Gasteiger partial charge on any atom is 0.340 e. The van der Waals surface area contributed by atoms with Gasteiger partial charge in [0.1, 0.15) is 11.6 Å². The number of methoxy groups -OCH3 is 2. The Morgan fingerprint density at radius 2 is 1.85 bits per heavy atom. The summed E-state index contributed by atoms with van der Waals surface area (Å²) in [5, 5.41) is 2.74.